The minimum atomic E-state index is -1.13. The first-order chi connectivity index (χ1) is 3.15. The summed E-state index contributed by atoms with van der Waals surface area (Å²) >= 11 is 5.32. The molecule has 0 aromatic heterocycles. The van der Waals surface area contributed by atoms with Crippen LogP contribution in [0.25, 0.3) is 0 Å². The van der Waals surface area contributed by atoms with Crippen molar-refractivity contribution in [1.29, 1.82) is 0 Å². The Morgan fingerprint density at radius 3 is 2.00 bits per heavy atom. The fourth-order valence-corrected chi connectivity index (χ4v) is 0.408. The van der Waals surface area contributed by atoms with Crippen LogP contribution in [0.4, 0.5) is 0 Å². The van der Waals surface area contributed by atoms with E-state index in [9.17, 15) is 9.90 Å². The number of carbonyl (C=O) groups is 1. The van der Waals surface area contributed by atoms with Gasteiger partial charge in [-0.15, -0.1) is 11.6 Å². The molecule has 0 amide bonds. The Hall–Kier alpha value is -0.240. The van der Waals surface area contributed by atoms with Gasteiger partial charge >= 0.3 is 5.97 Å². The van der Waals surface area contributed by atoms with E-state index in [4.69, 9.17) is 11.6 Å². The van der Waals surface area contributed by atoms with Crippen LogP contribution in [0.15, 0.2) is 0 Å². The third-order valence-corrected chi connectivity index (χ3v) is 1.59. The van der Waals surface area contributed by atoms with E-state index >= 15 is 0 Å². The van der Waals surface area contributed by atoms with E-state index in [1.165, 1.54) is 0 Å². The van der Waals surface area contributed by atoms with Crippen LogP contribution in [0.3, 0.4) is 0 Å². The Bertz CT molecular complexity index is 106. The van der Waals surface area contributed by atoms with Crippen LogP contribution < -0.4 is 0 Å². The van der Waals surface area contributed by atoms with Crippen molar-refractivity contribution in [2.75, 3.05) is 0 Å². The summed E-state index contributed by atoms with van der Waals surface area (Å²) in [7, 11) is 0. The average molecular weight is 120 g/mol. The zero-order valence-electron chi connectivity index (χ0n) is 3.61. The van der Waals surface area contributed by atoms with Crippen molar-refractivity contribution in [2.24, 2.45) is 0 Å². The van der Waals surface area contributed by atoms with Gasteiger partial charge < -0.3 is 0 Å². The second-order valence-electron chi connectivity index (χ2n) is 1.75. The van der Waals surface area contributed by atoms with E-state index in [1.54, 1.807) is 0 Å². The molecule has 0 saturated heterocycles. The van der Waals surface area contributed by atoms with Crippen molar-refractivity contribution in [3.8, 4) is 0 Å². The Morgan fingerprint density at radius 2 is 2.00 bits per heavy atom. The Balaban J connectivity index is 2.55. The van der Waals surface area contributed by atoms with Crippen LogP contribution in [-0.2, 0) is 9.90 Å². The predicted molar refractivity (Wildman–Crippen MR) is 23.5 cm³/mol. The van der Waals surface area contributed by atoms with E-state index in [-0.39, 0.29) is 0 Å². The first kappa shape index (κ1) is 4.91. The lowest BCUT2D eigenvalue weighted by Gasteiger charge is -1.87. The number of halogens is 1. The van der Waals surface area contributed by atoms with Crippen LogP contribution in [0, 0.1) is 0 Å². The lowest BCUT2D eigenvalue weighted by atomic mass is 10.4. The highest BCUT2D eigenvalue weighted by Crippen LogP contribution is 2.42. The summed E-state index contributed by atoms with van der Waals surface area (Å²) in [5.41, 5.74) is 0. The third kappa shape index (κ3) is 0.703. The number of hydrogen-bond donors (Lipinski definition) is 0. The summed E-state index contributed by atoms with van der Waals surface area (Å²) in [6.45, 7) is 0. The fourth-order valence-electron chi connectivity index (χ4n) is 0.314. The van der Waals surface area contributed by atoms with Gasteiger partial charge in [0.2, 0.25) is 0 Å². The maximum atomic E-state index is 9.84. The van der Waals surface area contributed by atoms with E-state index < -0.39 is 10.8 Å². The van der Waals surface area contributed by atoms with Gasteiger partial charge in [-0.2, -0.15) is 0 Å². The summed E-state index contributed by atoms with van der Waals surface area (Å²) in [5, 5.41) is 9.84. The van der Waals surface area contributed by atoms with Crippen LogP contribution in [0.2, 0.25) is 0 Å². The van der Waals surface area contributed by atoms with Gasteiger partial charge in [0.25, 0.3) is 0 Å². The van der Waals surface area contributed by atoms with Crippen molar-refractivity contribution in [3.63, 3.8) is 0 Å². The normalized spacial score (nSPS) is 24.1. The number of rotatable bonds is 1. The van der Waals surface area contributed by atoms with Gasteiger partial charge in [0, 0.05) is 0 Å². The third-order valence-electron chi connectivity index (χ3n) is 1.05. The number of alkyl halides is 1. The largest absolute Gasteiger partial charge is 0.376 e. The molecule has 0 N–H and O–H groups in total. The zero-order valence-corrected chi connectivity index (χ0v) is 4.36. The summed E-state index contributed by atoms with van der Waals surface area (Å²) in [5.74, 6) is -1.13. The molecule has 0 bridgehead atoms. The monoisotopic (exact) mass is 119 g/mol. The van der Waals surface area contributed by atoms with Crippen molar-refractivity contribution in [3.05, 3.63) is 0 Å². The second kappa shape index (κ2) is 1.13. The molecule has 2 nitrogen and oxygen atoms in total. The van der Waals surface area contributed by atoms with E-state index in [0.29, 0.717) is 12.8 Å². The van der Waals surface area contributed by atoms with Crippen LogP contribution >= 0.6 is 11.6 Å². The summed E-state index contributed by atoms with van der Waals surface area (Å²) in [6, 6.07) is 0. The molecule has 1 aliphatic rings. The fraction of sp³-hybridized carbons (Fsp3) is 0.750. The molecule has 0 unspecified atom stereocenters. The zero-order chi connectivity index (χ0) is 5.49. The molecule has 1 aliphatic carbocycles. The van der Waals surface area contributed by atoms with Gasteiger partial charge in [-0.25, -0.2) is 9.90 Å². The molecule has 1 rings (SSSR count). The standard InChI is InChI=1S/C4H4ClO2/c5-4(1-2-4)3(6)7/h1-2H2. The molecule has 0 atom stereocenters. The van der Waals surface area contributed by atoms with Gasteiger partial charge in [-0.05, 0) is 12.8 Å². The SMILES string of the molecule is [O]C(=O)C1(Cl)CC1. The van der Waals surface area contributed by atoms with Crippen LogP contribution in [0.5, 0.6) is 0 Å². The maximum Gasteiger partial charge on any atom is 0.376 e. The lowest BCUT2D eigenvalue weighted by molar-refractivity contribution is -0.143. The minimum absolute atomic E-state index is 0.566. The molecule has 0 aromatic rings. The molecule has 1 fully saturated rings. The molecule has 0 aliphatic heterocycles. The lowest BCUT2D eigenvalue weighted by Crippen LogP contribution is -2.11. The highest BCUT2D eigenvalue weighted by atomic mass is 35.5. The van der Waals surface area contributed by atoms with Crippen LogP contribution in [-0.4, -0.2) is 10.8 Å². The Labute approximate surface area is 46.1 Å². The van der Waals surface area contributed by atoms with Gasteiger partial charge in [0.1, 0.15) is 4.87 Å². The van der Waals surface area contributed by atoms with Gasteiger partial charge in [-0.1, -0.05) is 0 Å². The van der Waals surface area contributed by atoms with Gasteiger partial charge in [0.05, 0.1) is 0 Å². The molecule has 1 radical (unpaired) electrons. The van der Waals surface area contributed by atoms with Crippen LogP contribution in [0.1, 0.15) is 12.8 Å². The first-order valence-electron chi connectivity index (χ1n) is 2.05. The highest BCUT2D eigenvalue weighted by Gasteiger charge is 2.49. The number of carbonyl (C=O) groups excluding carboxylic acids is 1. The topological polar surface area (TPSA) is 37.0 Å². The molecule has 0 aromatic carbocycles. The quantitative estimate of drug-likeness (QED) is 0.469. The van der Waals surface area contributed by atoms with Crippen molar-refractivity contribution < 1.29 is 9.90 Å². The average Bonchev–Trinajstić information content (AvgIpc) is 2.21. The highest BCUT2D eigenvalue weighted by molar-refractivity contribution is 6.35. The van der Waals surface area contributed by atoms with Gasteiger partial charge in [-0.3, -0.25) is 0 Å². The molecule has 0 spiro atoms. The molecule has 0 heterocycles. The molecule has 7 heavy (non-hydrogen) atoms. The Morgan fingerprint density at radius 1 is 1.57 bits per heavy atom. The predicted octanol–water partition coefficient (Wildman–Crippen LogP) is 0.715. The van der Waals surface area contributed by atoms with Crippen molar-refractivity contribution in [1.82, 2.24) is 0 Å². The molecular formula is C4H4ClO2. The molecule has 3 heteroatoms. The van der Waals surface area contributed by atoms with E-state index in [2.05, 4.69) is 0 Å². The van der Waals surface area contributed by atoms with E-state index in [0.717, 1.165) is 0 Å². The number of hydrogen-bond acceptors (Lipinski definition) is 1. The van der Waals surface area contributed by atoms with Crippen molar-refractivity contribution in [2.45, 2.75) is 17.7 Å². The Kier molecular flexibility index (Phi) is 0.790. The summed E-state index contributed by atoms with van der Waals surface area (Å²) in [6.07, 6.45) is 1.13. The summed E-state index contributed by atoms with van der Waals surface area (Å²) in [4.78, 5) is 8.87. The minimum Gasteiger partial charge on any atom is -0.245 e. The molecule has 39 valence electrons. The van der Waals surface area contributed by atoms with E-state index in [1.807, 2.05) is 0 Å². The second-order valence-corrected chi connectivity index (χ2v) is 2.48. The van der Waals surface area contributed by atoms with Gasteiger partial charge in [0.15, 0.2) is 0 Å². The smallest absolute Gasteiger partial charge is 0.245 e. The molecule has 1 saturated carbocycles. The van der Waals surface area contributed by atoms with Crippen molar-refractivity contribution >= 4 is 17.6 Å². The maximum absolute atomic E-state index is 9.84. The summed E-state index contributed by atoms with van der Waals surface area (Å²) < 4.78 is 0. The first-order valence-corrected chi connectivity index (χ1v) is 2.43. The molecular weight excluding hydrogens is 115 g/mol.